The van der Waals surface area contributed by atoms with Gasteiger partial charge in [-0.1, -0.05) is 43.7 Å². The van der Waals surface area contributed by atoms with Crippen molar-refractivity contribution in [3.8, 4) is 0 Å². The van der Waals surface area contributed by atoms with Crippen LogP contribution in [-0.4, -0.2) is 30.7 Å². The van der Waals surface area contributed by atoms with Crippen molar-refractivity contribution in [3.05, 3.63) is 35.4 Å². The summed E-state index contributed by atoms with van der Waals surface area (Å²) in [7, 11) is 0. The van der Waals surface area contributed by atoms with E-state index in [0.29, 0.717) is 6.54 Å². The minimum absolute atomic E-state index is 0.00393. The van der Waals surface area contributed by atoms with Crippen molar-refractivity contribution in [2.45, 2.75) is 33.7 Å². The number of aryl methyl sites for hydroxylation is 1. The van der Waals surface area contributed by atoms with Gasteiger partial charge in [0.15, 0.2) is 0 Å². The average Bonchev–Trinajstić information content (AvgIpc) is 2.39. The lowest BCUT2D eigenvalue weighted by atomic mass is 9.95. The van der Waals surface area contributed by atoms with Gasteiger partial charge in [0.05, 0.1) is 12.6 Å². The summed E-state index contributed by atoms with van der Waals surface area (Å²) in [4.78, 5) is 11.8. The standard InChI is InChI=1S/C16H26N2O2/c1-12-5-7-14(8-6-12)13(2)18-15(20)9-17-10-16(3,4)11-19/h5-8,13,17,19H,9-11H2,1-4H3,(H,18,20)/t13-/m0/s1. The van der Waals surface area contributed by atoms with Crippen molar-refractivity contribution < 1.29 is 9.90 Å². The van der Waals surface area contributed by atoms with Gasteiger partial charge in [0.2, 0.25) is 5.91 Å². The monoisotopic (exact) mass is 278 g/mol. The normalized spacial score (nSPS) is 13.1. The smallest absolute Gasteiger partial charge is 0.234 e. The van der Waals surface area contributed by atoms with E-state index in [1.165, 1.54) is 5.56 Å². The van der Waals surface area contributed by atoms with Gasteiger partial charge < -0.3 is 15.7 Å². The fraction of sp³-hybridized carbons (Fsp3) is 0.562. The van der Waals surface area contributed by atoms with E-state index >= 15 is 0 Å². The summed E-state index contributed by atoms with van der Waals surface area (Å²) >= 11 is 0. The second kappa shape index (κ2) is 7.41. The molecule has 0 radical (unpaired) electrons. The number of hydrogen-bond donors (Lipinski definition) is 3. The van der Waals surface area contributed by atoms with Gasteiger partial charge in [0.25, 0.3) is 0 Å². The van der Waals surface area contributed by atoms with E-state index in [0.717, 1.165) is 5.56 Å². The number of aliphatic hydroxyl groups is 1. The Morgan fingerprint density at radius 1 is 1.30 bits per heavy atom. The van der Waals surface area contributed by atoms with Gasteiger partial charge in [-0.2, -0.15) is 0 Å². The summed E-state index contributed by atoms with van der Waals surface area (Å²) in [5.74, 6) is -0.0354. The molecule has 0 heterocycles. The van der Waals surface area contributed by atoms with Crippen molar-refractivity contribution in [1.82, 2.24) is 10.6 Å². The zero-order valence-corrected chi connectivity index (χ0v) is 12.9. The van der Waals surface area contributed by atoms with Crippen molar-refractivity contribution in [2.24, 2.45) is 5.41 Å². The summed E-state index contributed by atoms with van der Waals surface area (Å²) in [6.45, 7) is 8.89. The molecule has 0 aliphatic carbocycles. The first-order chi connectivity index (χ1) is 9.34. The Morgan fingerprint density at radius 3 is 2.45 bits per heavy atom. The molecule has 1 atom stereocenters. The molecule has 20 heavy (non-hydrogen) atoms. The largest absolute Gasteiger partial charge is 0.396 e. The van der Waals surface area contributed by atoms with Crippen LogP contribution in [0.25, 0.3) is 0 Å². The molecular formula is C16H26N2O2. The number of carbonyl (C=O) groups is 1. The van der Waals surface area contributed by atoms with Crippen molar-refractivity contribution >= 4 is 5.91 Å². The average molecular weight is 278 g/mol. The lowest BCUT2D eigenvalue weighted by molar-refractivity contribution is -0.121. The molecule has 0 saturated carbocycles. The van der Waals surface area contributed by atoms with E-state index in [1.54, 1.807) is 0 Å². The van der Waals surface area contributed by atoms with E-state index in [2.05, 4.69) is 10.6 Å². The molecule has 0 unspecified atom stereocenters. The zero-order valence-electron chi connectivity index (χ0n) is 12.9. The topological polar surface area (TPSA) is 61.4 Å². The SMILES string of the molecule is Cc1ccc([C@H](C)NC(=O)CNCC(C)(C)CO)cc1. The first kappa shape index (κ1) is 16.7. The van der Waals surface area contributed by atoms with E-state index in [-0.39, 0.29) is 30.5 Å². The molecule has 4 nitrogen and oxygen atoms in total. The maximum Gasteiger partial charge on any atom is 0.234 e. The van der Waals surface area contributed by atoms with Crippen LogP contribution in [0.5, 0.6) is 0 Å². The predicted octanol–water partition coefficient (Wildman–Crippen LogP) is 1.78. The van der Waals surface area contributed by atoms with E-state index in [4.69, 9.17) is 5.11 Å². The van der Waals surface area contributed by atoms with Gasteiger partial charge >= 0.3 is 0 Å². The first-order valence-electron chi connectivity index (χ1n) is 7.01. The van der Waals surface area contributed by atoms with Crippen LogP contribution in [0.4, 0.5) is 0 Å². The lowest BCUT2D eigenvalue weighted by Crippen LogP contribution is -2.40. The van der Waals surface area contributed by atoms with Crippen LogP contribution in [0.1, 0.15) is 37.9 Å². The Labute approximate surface area is 121 Å². The first-order valence-corrected chi connectivity index (χ1v) is 7.01. The summed E-state index contributed by atoms with van der Waals surface area (Å²) < 4.78 is 0. The Morgan fingerprint density at radius 2 is 1.90 bits per heavy atom. The highest BCUT2D eigenvalue weighted by Crippen LogP contribution is 2.13. The molecule has 112 valence electrons. The second-order valence-electron chi connectivity index (χ2n) is 6.13. The maximum atomic E-state index is 11.8. The summed E-state index contributed by atoms with van der Waals surface area (Å²) in [6.07, 6.45) is 0. The van der Waals surface area contributed by atoms with Crippen molar-refractivity contribution in [2.75, 3.05) is 19.7 Å². The van der Waals surface area contributed by atoms with Gasteiger partial charge in [0, 0.05) is 18.6 Å². The number of aliphatic hydroxyl groups excluding tert-OH is 1. The highest BCUT2D eigenvalue weighted by molar-refractivity contribution is 5.78. The summed E-state index contributed by atoms with van der Waals surface area (Å²) in [5.41, 5.74) is 2.10. The molecule has 1 amide bonds. The number of nitrogens with one attached hydrogen (secondary N) is 2. The van der Waals surface area contributed by atoms with Crippen LogP contribution in [0, 0.1) is 12.3 Å². The minimum atomic E-state index is -0.206. The molecule has 3 N–H and O–H groups in total. The number of carbonyl (C=O) groups excluding carboxylic acids is 1. The van der Waals surface area contributed by atoms with Gasteiger partial charge in [-0.15, -0.1) is 0 Å². The second-order valence-corrected chi connectivity index (χ2v) is 6.13. The van der Waals surface area contributed by atoms with Gasteiger partial charge in [-0.3, -0.25) is 4.79 Å². The molecule has 1 aromatic carbocycles. The fourth-order valence-corrected chi connectivity index (χ4v) is 1.80. The highest BCUT2D eigenvalue weighted by atomic mass is 16.3. The molecule has 0 aliphatic heterocycles. The molecule has 1 aromatic rings. The molecule has 0 aromatic heterocycles. The molecule has 4 heteroatoms. The molecule has 1 rings (SSSR count). The van der Waals surface area contributed by atoms with Crippen LogP contribution < -0.4 is 10.6 Å². The summed E-state index contributed by atoms with van der Waals surface area (Å²) in [5, 5.41) is 15.2. The third kappa shape index (κ3) is 5.72. The van der Waals surface area contributed by atoms with E-state index in [9.17, 15) is 4.79 Å². The number of rotatable bonds is 7. The zero-order chi connectivity index (χ0) is 15.2. The van der Waals surface area contributed by atoms with Crippen LogP contribution in [0.3, 0.4) is 0 Å². The lowest BCUT2D eigenvalue weighted by Gasteiger charge is -2.22. The molecule has 0 bridgehead atoms. The van der Waals surface area contributed by atoms with Crippen molar-refractivity contribution in [3.63, 3.8) is 0 Å². The summed E-state index contributed by atoms with van der Waals surface area (Å²) in [6, 6.07) is 8.14. The molecule has 0 saturated heterocycles. The molecular weight excluding hydrogens is 252 g/mol. The predicted molar refractivity (Wildman–Crippen MR) is 81.5 cm³/mol. The number of benzene rings is 1. The Bertz CT molecular complexity index is 427. The molecule has 0 aliphatic rings. The fourth-order valence-electron chi connectivity index (χ4n) is 1.80. The third-order valence-electron chi connectivity index (χ3n) is 3.27. The van der Waals surface area contributed by atoms with E-state index < -0.39 is 0 Å². The highest BCUT2D eigenvalue weighted by Gasteiger charge is 2.16. The minimum Gasteiger partial charge on any atom is -0.396 e. The van der Waals surface area contributed by atoms with Crippen LogP contribution >= 0.6 is 0 Å². The third-order valence-corrected chi connectivity index (χ3v) is 3.27. The number of amides is 1. The van der Waals surface area contributed by atoms with Crippen LogP contribution in [0.2, 0.25) is 0 Å². The Balaban J connectivity index is 2.37. The number of hydrogen-bond acceptors (Lipinski definition) is 3. The maximum absolute atomic E-state index is 11.8. The van der Waals surface area contributed by atoms with Gasteiger partial charge in [-0.05, 0) is 19.4 Å². The van der Waals surface area contributed by atoms with Crippen LogP contribution in [-0.2, 0) is 4.79 Å². The van der Waals surface area contributed by atoms with Gasteiger partial charge in [0.1, 0.15) is 0 Å². The Kier molecular flexibility index (Phi) is 6.17. The molecule has 0 fully saturated rings. The quantitative estimate of drug-likeness (QED) is 0.712. The molecule has 0 spiro atoms. The Hall–Kier alpha value is -1.39. The van der Waals surface area contributed by atoms with Gasteiger partial charge in [-0.25, -0.2) is 0 Å². The van der Waals surface area contributed by atoms with Crippen molar-refractivity contribution in [1.29, 1.82) is 0 Å². The van der Waals surface area contributed by atoms with E-state index in [1.807, 2.05) is 52.0 Å². The van der Waals surface area contributed by atoms with Crippen LogP contribution in [0.15, 0.2) is 24.3 Å².